The maximum Gasteiger partial charge on any atom is 2.00 e. The fourth-order valence-electron chi connectivity index (χ4n) is 6.32. The zero-order chi connectivity index (χ0) is 37.2. The summed E-state index contributed by atoms with van der Waals surface area (Å²) in [6.07, 6.45) is 13.0. The van der Waals surface area contributed by atoms with Crippen LogP contribution in [0.5, 0.6) is 0 Å². The SMILES string of the molecule is CC(C)c1cccc(C(C)C)c1-n1ccnc1-c1ncc(C(C)(C)C(C)(C)C)[n-]1.CC(C)c1cccc(C(C)C)c1-n1ccnc1-c1ncc[n-]1.[Pt+2]. The van der Waals surface area contributed by atoms with Gasteiger partial charge >= 0.3 is 21.1 Å². The summed E-state index contributed by atoms with van der Waals surface area (Å²) < 4.78 is 4.30. The minimum atomic E-state index is -0.0887. The first-order valence-electron chi connectivity index (χ1n) is 18.3. The molecule has 0 fully saturated rings. The van der Waals surface area contributed by atoms with Crippen LogP contribution in [0.1, 0.15) is 142 Å². The average molecular weight is 880 g/mol. The molecule has 0 bridgehead atoms. The first kappa shape index (κ1) is 40.7. The van der Waals surface area contributed by atoms with Crippen LogP contribution in [0.3, 0.4) is 0 Å². The summed E-state index contributed by atoms with van der Waals surface area (Å²) in [5, 5.41) is 0. The molecule has 6 rings (SSSR count). The summed E-state index contributed by atoms with van der Waals surface area (Å²) in [5.41, 5.74) is 8.70. The molecule has 0 aliphatic heterocycles. The van der Waals surface area contributed by atoms with E-state index in [-0.39, 0.29) is 31.9 Å². The van der Waals surface area contributed by atoms with Crippen LogP contribution < -0.4 is 9.97 Å². The molecule has 8 nitrogen and oxygen atoms in total. The molecule has 0 radical (unpaired) electrons. The molecule has 2 aromatic carbocycles. The molecule has 0 unspecified atom stereocenters. The number of hydrogen-bond donors (Lipinski definition) is 0. The molecule has 52 heavy (non-hydrogen) atoms. The monoisotopic (exact) mass is 879 g/mol. The van der Waals surface area contributed by atoms with Gasteiger partial charge in [-0.2, -0.15) is 0 Å². The van der Waals surface area contributed by atoms with Gasteiger partial charge in [-0.25, -0.2) is 9.97 Å². The van der Waals surface area contributed by atoms with Crippen molar-refractivity contribution in [2.24, 2.45) is 5.41 Å². The van der Waals surface area contributed by atoms with Crippen LogP contribution in [-0.2, 0) is 26.5 Å². The van der Waals surface area contributed by atoms with Crippen molar-refractivity contribution in [3.8, 4) is 34.7 Å². The van der Waals surface area contributed by atoms with Gasteiger partial charge in [0.25, 0.3) is 0 Å². The van der Waals surface area contributed by atoms with Crippen LogP contribution in [0.2, 0.25) is 0 Å². The van der Waals surface area contributed by atoms with Gasteiger partial charge in [0.15, 0.2) is 0 Å². The Kier molecular flexibility index (Phi) is 12.8. The summed E-state index contributed by atoms with van der Waals surface area (Å²) in [5.74, 6) is 4.64. The molecular formula is C43H56N8Pt. The van der Waals surface area contributed by atoms with Crippen molar-refractivity contribution in [3.05, 3.63) is 108 Å². The van der Waals surface area contributed by atoms with Gasteiger partial charge in [-0.15, -0.1) is 0 Å². The zero-order valence-electron chi connectivity index (χ0n) is 33.2. The van der Waals surface area contributed by atoms with Crippen LogP contribution in [0.4, 0.5) is 0 Å². The minimum Gasteiger partial charge on any atom is -0.440 e. The predicted molar refractivity (Wildman–Crippen MR) is 209 cm³/mol. The Morgan fingerprint density at radius 3 is 1.35 bits per heavy atom. The first-order valence-corrected chi connectivity index (χ1v) is 18.3. The molecule has 9 heteroatoms. The Bertz CT molecular complexity index is 1980. The van der Waals surface area contributed by atoms with E-state index in [1.54, 1.807) is 12.4 Å². The Morgan fingerprint density at radius 1 is 0.558 bits per heavy atom. The minimum absolute atomic E-state index is 0. The van der Waals surface area contributed by atoms with E-state index in [1.807, 2.05) is 31.0 Å². The second-order valence-electron chi connectivity index (χ2n) is 16.3. The third-order valence-corrected chi connectivity index (χ3v) is 10.4. The van der Waals surface area contributed by atoms with Gasteiger partial charge in [0, 0.05) is 24.8 Å². The largest absolute Gasteiger partial charge is 2.00 e. The normalized spacial score (nSPS) is 12.1. The van der Waals surface area contributed by atoms with Crippen molar-refractivity contribution in [2.45, 2.75) is 119 Å². The molecule has 6 aromatic rings. The summed E-state index contributed by atoms with van der Waals surface area (Å²) in [6.45, 7) is 29.0. The van der Waals surface area contributed by atoms with E-state index in [9.17, 15) is 0 Å². The molecule has 4 aromatic heterocycles. The topological polar surface area (TPSA) is 89.6 Å². The second-order valence-corrected chi connectivity index (χ2v) is 16.3. The van der Waals surface area contributed by atoms with Gasteiger partial charge in [-0.1, -0.05) is 151 Å². The van der Waals surface area contributed by atoms with Gasteiger partial charge in [0.1, 0.15) is 11.6 Å². The molecule has 4 heterocycles. The summed E-state index contributed by atoms with van der Waals surface area (Å²) in [4.78, 5) is 27.3. The Hall–Kier alpha value is -4.03. The fraction of sp³-hybridized carbons (Fsp3) is 0.442. The van der Waals surface area contributed by atoms with E-state index in [0.717, 1.165) is 17.3 Å². The van der Waals surface area contributed by atoms with Crippen molar-refractivity contribution < 1.29 is 21.1 Å². The standard InChI is InChI=1S/C25H35N4.C18H21N4.Pt/c1-16(2)18-11-10-12-19(17(3)4)21(18)29-14-13-26-23(29)22-27-15-20(28-22)25(8,9)24(5,6)7;1-12(2)14-6-5-7-15(13(3)4)16(14)22-11-10-21-18(22)17-19-8-9-20-17;/h10-17H,1-9H3;5-13H,1-4H3;/q2*-1;+2. The van der Waals surface area contributed by atoms with Gasteiger partial charge in [-0.3, -0.25) is 9.13 Å². The molecule has 0 amide bonds. The van der Waals surface area contributed by atoms with Crippen LogP contribution in [0.25, 0.3) is 34.7 Å². The first-order chi connectivity index (χ1) is 24.0. The van der Waals surface area contributed by atoms with Crippen LogP contribution in [-0.4, -0.2) is 29.1 Å². The maximum atomic E-state index is 4.93. The van der Waals surface area contributed by atoms with E-state index in [0.29, 0.717) is 35.3 Å². The van der Waals surface area contributed by atoms with Gasteiger partial charge in [0.05, 0.1) is 11.4 Å². The summed E-state index contributed by atoms with van der Waals surface area (Å²) >= 11 is 0. The predicted octanol–water partition coefficient (Wildman–Crippen LogP) is 10.6. The van der Waals surface area contributed by atoms with Crippen LogP contribution in [0.15, 0.2) is 79.8 Å². The van der Waals surface area contributed by atoms with E-state index in [2.05, 4.69) is 160 Å². The average Bonchev–Trinajstić information content (AvgIpc) is 3.90. The third kappa shape index (κ3) is 8.12. The summed E-state index contributed by atoms with van der Waals surface area (Å²) in [7, 11) is 0. The molecule has 0 N–H and O–H groups in total. The fourth-order valence-corrected chi connectivity index (χ4v) is 6.32. The van der Waals surface area contributed by atoms with Crippen LogP contribution in [0, 0.1) is 5.41 Å². The molecule has 0 saturated carbocycles. The van der Waals surface area contributed by atoms with E-state index < -0.39 is 0 Å². The number of imidazole rings is 4. The van der Waals surface area contributed by atoms with Crippen molar-refractivity contribution in [1.29, 1.82) is 0 Å². The van der Waals surface area contributed by atoms with Crippen molar-refractivity contribution in [1.82, 2.24) is 39.0 Å². The Morgan fingerprint density at radius 2 is 0.981 bits per heavy atom. The third-order valence-electron chi connectivity index (χ3n) is 10.4. The molecule has 0 spiro atoms. The zero-order valence-corrected chi connectivity index (χ0v) is 35.5. The smallest absolute Gasteiger partial charge is 0.440 e. The summed E-state index contributed by atoms with van der Waals surface area (Å²) in [6, 6.07) is 13.1. The second kappa shape index (κ2) is 16.3. The molecule has 278 valence electrons. The molecule has 0 aliphatic carbocycles. The van der Waals surface area contributed by atoms with E-state index in [4.69, 9.17) is 4.98 Å². The number of nitrogens with zero attached hydrogens (tertiary/aromatic N) is 8. The quantitative estimate of drug-likeness (QED) is 0.144. The number of benzene rings is 2. The Balaban J connectivity index is 0.000000236. The molecule has 0 aliphatic rings. The molecule has 0 atom stereocenters. The Labute approximate surface area is 325 Å². The van der Waals surface area contributed by atoms with Gasteiger partial charge in [-0.05, 0) is 68.4 Å². The molecule has 0 saturated heterocycles. The van der Waals surface area contributed by atoms with Gasteiger partial charge in [0.2, 0.25) is 0 Å². The van der Waals surface area contributed by atoms with Crippen molar-refractivity contribution >= 4 is 0 Å². The molecular weight excluding hydrogens is 824 g/mol. The van der Waals surface area contributed by atoms with Crippen molar-refractivity contribution in [2.75, 3.05) is 0 Å². The number of aromatic nitrogens is 8. The van der Waals surface area contributed by atoms with Gasteiger partial charge < -0.3 is 19.9 Å². The van der Waals surface area contributed by atoms with E-state index >= 15 is 0 Å². The number of hydrogen-bond acceptors (Lipinski definition) is 4. The van der Waals surface area contributed by atoms with Crippen LogP contribution >= 0.6 is 0 Å². The maximum absolute atomic E-state index is 4.93. The van der Waals surface area contributed by atoms with E-state index in [1.165, 1.54) is 33.6 Å². The van der Waals surface area contributed by atoms with Crippen molar-refractivity contribution in [3.63, 3.8) is 0 Å². The number of para-hydroxylation sites is 2. The number of rotatable bonds is 9.